The molecular formula is C27H27Cl2F2N3O9S2. The molecule has 1 aromatic heterocycles. The van der Waals surface area contributed by atoms with E-state index in [-0.39, 0.29) is 68.6 Å². The minimum atomic E-state index is -3.92. The van der Waals surface area contributed by atoms with E-state index in [1.165, 1.54) is 30.3 Å². The van der Waals surface area contributed by atoms with Crippen molar-refractivity contribution < 1.29 is 49.4 Å². The van der Waals surface area contributed by atoms with Crippen LogP contribution in [-0.2, 0) is 31.2 Å². The number of alkyl halides is 2. The third kappa shape index (κ3) is 10.2. The molecule has 18 heteroatoms. The van der Waals surface area contributed by atoms with E-state index in [0.29, 0.717) is 4.73 Å². The van der Waals surface area contributed by atoms with Crippen LogP contribution in [0.4, 0.5) is 20.2 Å². The van der Waals surface area contributed by atoms with Crippen molar-refractivity contribution in [1.29, 1.82) is 0 Å². The van der Waals surface area contributed by atoms with Crippen LogP contribution in [0.15, 0.2) is 48.8 Å². The van der Waals surface area contributed by atoms with Gasteiger partial charge in [0.25, 0.3) is 0 Å². The van der Waals surface area contributed by atoms with Crippen LogP contribution in [0.3, 0.4) is 0 Å². The second-order valence-corrected chi connectivity index (χ2v) is 14.5. The highest BCUT2D eigenvalue weighted by Crippen LogP contribution is 2.38. The molecule has 1 aliphatic carbocycles. The van der Waals surface area contributed by atoms with Crippen LogP contribution in [0.25, 0.3) is 0 Å². The number of benzene rings is 2. The molecule has 0 unspecified atom stereocenters. The van der Waals surface area contributed by atoms with Crippen molar-refractivity contribution in [3.63, 3.8) is 0 Å². The third-order valence-electron chi connectivity index (χ3n) is 6.27. The molecule has 4 rings (SSSR count). The van der Waals surface area contributed by atoms with Crippen molar-refractivity contribution in [2.75, 3.05) is 28.6 Å². The molecule has 1 heterocycles. The number of sulfonamides is 2. The molecule has 0 spiro atoms. The number of rotatable bonds is 14. The highest BCUT2D eigenvalue weighted by molar-refractivity contribution is 7.92. The Morgan fingerprint density at radius 3 is 2.18 bits per heavy atom. The van der Waals surface area contributed by atoms with Crippen LogP contribution in [-0.4, -0.2) is 48.5 Å². The summed E-state index contributed by atoms with van der Waals surface area (Å²) in [6, 6.07) is 7.40. The summed E-state index contributed by atoms with van der Waals surface area (Å²) in [4.78, 5) is 13.5. The molecule has 2 N–H and O–H groups in total. The fourth-order valence-electron chi connectivity index (χ4n) is 4.10. The van der Waals surface area contributed by atoms with Crippen LogP contribution in [0.1, 0.15) is 40.4 Å². The average Bonchev–Trinajstić information content (AvgIpc) is 3.73. The number of aromatic nitrogens is 1. The molecule has 244 valence electrons. The fourth-order valence-corrected chi connectivity index (χ4v) is 5.85. The summed E-state index contributed by atoms with van der Waals surface area (Å²) in [7, 11) is -7.75. The smallest absolute Gasteiger partial charge is 0.387 e. The first kappa shape index (κ1) is 34.3. The van der Waals surface area contributed by atoms with Gasteiger partial charge in [0.15, 0.2) is 23.9 Å². The lowest BCUT2D eigenvalue weighted by atomic mass is 10.0. The second-order valence-electron chi connectivity index (χ2n) is 10.2. The van der Waals surface area contributed by atoms with Gasteiger partial charge in [-0.25, -0.2) is 21.6 Å². The molecule has 3 aromatic rings. The van der Waals surface area contributed by atoms with Crippen molar-refractivity contribution in [3.05, 3.63) is 80.7 Å². The lowest BCUT2D eigenvalue weighted by molar-refractivity contribution is -0.605. The van der Waals surface area contributed by atoms with Crippen molar-refractivity contribution in [3.8, 4) is 11.5 Å². The van der Waals surface area contributed by atoms with Gasteiger partial charge < -0.3 is 19.4 Å². The Hall–Kier alpha value is -3.60. The summed E-state index contributed by atoms with van der Waals surface area (Å²) < 4.78 is 94.6. The highest BCUT2D eigenvalue weighted by atomic mass is 35.5. The topological polar surface area (TPSA) is 164 Å². The van der Waals surface area contributed by atoms with Gasteiger partial charge in [-0.05, 0) is 54.7 Å². The maximum atomic E-state index is 13.5. The Balaban J connectivity index is 1.74. The van der Waals surface area contributed by atoms with Crippen LogP contribution in [0, 0.1) is 11.1 Å². The van der Waals surface area contributed by atoms with Gasteiger partial charge in [0.1, 0.15) is 16.1 Å². The quantitative estimate of drug-likeness (QED) is 0.135. The minimum absolute atomic E-state index is 0.0285. The van der Waals surface area contributed by atoms with E-state index in [1.807, 2.05) is 0 Å². The Morgan fingerprint density at radius 1 is 0.978 bits per heavy atom. The van der Waals surface area contributed by atoms with Crippen molar-refractivity contribution in [2.24, 2.45) is 5.92 Å². The first-order valence-electron chi connectivity index (χ1n) is 13.1. The highest BCUT2D eigenvalue weighted by Gasteiger charge is 2.27. The van der Waals surface area contributed by atoms with Crippen molar-refractivity contribution in [1.82, 2.24) is 0 Å². The summed E-state index contributed by atoms with van der Waals surface area (Å²) in [6.07, 6.45) is 4.22. The number of halogens is 4. The van der Waals surface area contributed by atoms with E-state index in [2.05, 4.69) is 14.2 Å². The van der Waals surface area contributed by atoms with E-state index >= 15 is 0 Å². The van der Waals surface area contributed by atoms with Crippen LogP contribution < -0.4 is 23.6 Å². The van der Waals surface area contributed by atoms with Crippen molar-refractivity contribution >= 4 is 60.6 Å². The number of pyridine rings is 1. The minimum Gasteiger partial charge on any atom is -0.619 e. The number of carbonyl (C=O) groups excluding carboxylic acids is 1. The predicted octanol–water partition coefficient (Wildman–Crippen LogP) is 4.90. The molecule has 1 aliphatic rings. The van der Waals surface area contributed by atoms with Crippen LogP contribution in [0.2, 0.25) is 10.0 Å². The maximum Gasteiger partial charge on any atom is 0.387 e. The molecule has 1 saturated carbocycles. The molecule has 0 aliphatic heterocycles. The molecule has 2 aromatic carbocycles. The number of carbonyl (C=O) groups is 1. The van der Waals surface area contributed by atoms with E-state index in [1.54, 1.807) is 0 Å². The predicted molar refractivity (Wildman–Crippen MR) is 162 cm³/mol. The molecule has 12 nitrogen and oxygen atoms in total. The fraction of sp³-hybridized carbons (Fsp3) is 0.333. The van der Waals surface area contributed by atoms with E-state index in [9.17, 15) is 35.6 Å². The van der Waals surface area contributed by atoms with E-state index < -0.39 is 38.7 Å². The van der Waals surface area contributed by atoms with Crippen LogP contribution in [0.5, 0.6) is 11.5 Å². The largest absolute Gasteiger partial charge is 0.619 e. The summed E-state index contributed by atoms with van der Waals surface area (Å²) in [5.41, 5.74) is -0.116. The molecule has 1 fully saturated rings. The number of esters is 1. The Kier molecular flexibility index (Phi) is 10.5. The molecule has 0 radical (unpaired) electrons. The molecular weight excluding hydrogens is 683 g/mol. The maximum absolute atomic E-state index is 13.5. The number of nitrogens with zero attached hydrogens (tertiary/aromatic N) is 1. The summed E-state index contributed by atoms with van der Waals surface area (Å²) in [5.74, 6) is -0.998. The van der Waals surface area contributed by atoms with Gasteiger partial charge in [0.05, 0.1) is 36.1 Å². The molecule has 1 atom stereocenters. The van der Waals surface area contributed by atoms with E-state index in [4.69, 9.17) is 32.7 Å². The summed E-state index contributed by atoms with van der Waals surface area (Å²) in [5, 5.41) is 11.7. The first-order chi connectivity index (χ1) is 21.0. The zero-order chi connectivity index (χ0) is 33.1. The van der Waals surface area contributed by atoms with Gasteiger partial charge in [-0.3, -0.25) is 9.44 Å². The third-order valence-corrected chi connectivity index (χ3v) is 8.10. The van der Waals surface area contributed by atoms with Crippen LogP contribution >= 0.6 is 23.2 Å². The average molecular weight is 711 g/mol. The number of hydrogen-bond acceptors (Lipinski definition) is 9. The number of ether oxygens (including phenoxy) is 3. The summed E-state index contributed by atoms with van der Waals surface area (Å²) >= 11 is 12.6. The molecule has 0 amide bonds. The normalized spacial score (nSPS) is 14.1. The first-order valence-corrected chi connectivity index (χ1v) is 17.6. The monoisotopic (exact) mass is 709 g/mol. The van der Waals surface area contributed by atoms with Gasteiger partial charge in [0, 0.05) is 12.0 Å². The van der Waals surface area contributed by atoms with E-state index in [0.717, 1.165) is 43.8 Å². The number of anilines is 2. The van der Waals surface area contributed by atoms with Gasteiger partial charge in [-0.15, -0.1) is 0 Å². The summed E-state index contributed by atoms with van der Waals surface area (Å²) in [6.45, 7) is -2.89. The van der Waals surface area contributed by atoms with Gasteiger partial charge in [-0.1, -0.05) is 29.3 Å². The number of hydrogen-bond donors (Lipinski definition) is 2. The Labute approximate surface area is 267 Å². The number of nitrogens with one attached hydrogen (secondary N) is 2. The van der Waals surface area contributed by atoms with Crippen molar-refractivity contribution in [2.45, 2.75) is 32.0 Å². The van der Waals surface area contributed by atoms with Gasteiger partial charge >= 0.3 is 12.6 Å². The van der Waals surface area contributed by atoms with Gasteiger partial charge in [0.2, 0.25) is 20.0 Å². The zero-order valence-corrected chi connectivity index (χ0v) is 26.8. The molecule has 45 heavy (non-hydrogen) atoms. The second kappa shape index (κ2) is 13.8. The standard InChI is InChI=1S/C27H27Cl2F2N3O9S2/c1-44(37,38)32-21-7-5-17(9-22(21)33-45(2,39)40)26(35)42-24(11-18-19(28)12-34(36)13-20(18)29)16-6-8-23(43-27(30)31)25(10-16)41-14-15-3-4-15/h5-10,12-13,15,24,27,32-33H,3-4,11,14H2,1-2H3/t24-/m0/s1. The van der Waals surface area contributed by atoms with Gasteiger partial charge in [-0.2, -0.15) is 13.5 Å². The lowest BCUT2D eigenvalue weighted by Crippen LogP contribution is -2.25. The Bertz CT molecular complexity index is 1790. The lowest BCUT2D eigenvalue weighted by Gasteiger charge is -2.22. The molecule has 0 saturated heterocycles. The Morgan fingerprint density at radius 2 is 1.60 bits per heavy atom. The molecule has 0 bridgehead atoms. The SMILES string of the molecule is CS(=O)(=O)Nc1ccc(C(=O)O[C@@H](Cc2c(Cl)c[n+]([O-])cc2Cl)c2ccc(OC(F)F)c(OCC3CC3)c2)cc1NS(C)(=O)=O. The zero-order valence-electron chi connectivity index (χ0n) is 23.6.